The summed E-state index contributed by atoms with van der Waals surface area (Å²) in [6.07, 6.45) is 0. The van der Waals surface area contributed by atoms with Crippen molar-refractivity contribution in [3.63, 3.8) is 0 Å². The molecule has 0 saturated heterocycles. The van der Waals surface area contributed by atoms with E-state index in [1.165, 1.54) is 0 Å². The van der Waals surface area contributed by atoms with E-state index in [0.29, 0.717) is 11.6 Å². The molecule has 100 valence electrons. The summed E-state index contributed by atoms with van der Waals surface area (Å²) in [5, 5.41) is 0.671. The molecule has 0 spiro atoms. The van der Waals surface area contributed by atoms with E-state index >= 15 is 0 Å². The van der Waals surface area contributed by atoms with Gasteiger partial charge in [-0.1, -0.05) is 39.7 Å². The molecule has 2 nitrogen and oxygen atoms in total. The third-order valence-corrected chi connectivity index (χ3v) is 3.68. The molecular weight excluding hydrogens is 326 g/mol. The molecule has 1 unspecified atom stereocenters. The lowest BCUT2D eigenvalue weighted by Gasteiger charge is -2.15. The van der Waals surface area contributed by atoms with Gasteiger partial charge in [-0.15, -0.1) is 0 Å². The summed E-state index contributed by atoms with van der Waals surface area (Å²) in [7, 11) is 0. The summed E-state index contributed by atoms with van der Waals surface area (Å²) in [5.74, 6) is 0.846. The predicted molar refractivity (Wildman–Crippen MR) is 82.8 cm³/mol. The van der Waals surface area contributed by atoms with E-state index in [1.807, 2.05) is 49.4 Å². The van der Waals surface area contributed by atoms with Crippen LogP contribution in [0, 0.1) is 0 Å². The highest BCUT2D eigenvalue weighted by Gasteiger charge is 2.13. The van der Waals surface area contributed by atoms with E-state index < -0.39 is 0 Å². The first kappa shape index (κ1) is 14.4. The van der Waals surface area contributed by atoms with Gasteiger partial charge >= 0.3 is 0 Å². The molecule has 2 aromatic carbocycles. The number of hydrogen-bond donors (Lipinski definition) is 1. The molecule has 19 heavy (non-hydrogen) atoms. The van der Waals surface area contributed by atoms with E-state index in [1.54, 1.807) is 0 Å². The van der Waals surface area contributed by atoms with Crippen LogP contribution in [0.15, 0.2) is 46.9 Å². The lowest BCUT2D eigenvalue weighted by Crippen LogP contribution is -2.12. The van der Waals surface area contributed by atoms with Crippen molar-refractivity contribution < 1.29 is 4.74 Å². The lowest BCUT2D eigenvalue weighted by atomic mass is 9.99. The van der Waals surface area contributed by atoms with Gasteiger partial charge in [-0.2, -0.15) is 0 Å². The summed E-state index contributed by atoms with van der Waals surface area (Å²) < 4.78 is 6.38. The standard InChI is InChI=1S/C15H15BrClNO/c1-2-19-12-6-3-10(4-7-12)15(18)13-9-11(16)5-8-14(13)17/h3-9,15H,2,18H2,1H3. The average Bonchev–Trinajstić information content (AvgIpc) is 2.42. The maximum atomic E-state index is 6.26. The summed E-state index contributed by atoms with van der Waals surface area (Å²) in [4.78, 5) is 0. The Kier molecular flexibility index (Phi) is 4.86. The van der Waals surface area contributed by atoms with Crippen LogP contribution >= 0.6 is 27.5 Å². The predicted octanol–water partition coefficient (Wildman–Crippen LogP) is 4.55. The zero-order chi connectivity index (χ0) is 13.8. The molecule has 0 amide bonds. The number of benzene rings is 2. The van der Waals surface area contributed by atoms with Gasteiger partial charge in [0.1, 0.15) is 5.75 Å². The highest BCUT2D eigenvalue weighted by molar-refractivity contribution is 9.10. The fraction of sp³-hybridized carbons (Fsp3) is 0.200. The van der Waals surface area contributed by atoms with Gasteiger partial charge in [0.15, 0.2) is 0 Å². The van der Waals surface area contributed by atoms with Crippen LogP contribution in [0.3, 0.4) is 0 Å². The van der Waals surface area contributed by atoms with Crippen molar-refractivity contribution in [3.05, 3.63) is 63.1 Å². The smallest absolute Gasteiger partial charge is 0.119 e. The summed E-state index contributed by atoms with van der Waals surface area (Å²) >= 11 is 9.63. The molecule has 0 bridgehead atoms. The lowest BCUT2D eigenvalue weighted by molar-refractivity contribution is 0.340. The van der Waals surface area contributed by atoms with Crippen LogP contribution in [0.4, 0.5) is 0 Å². The summed E-state index contributed by atoms with van der Waals surface area (Å²) in [5.41, 5.74) is 8.17. The topological polar surface area (TPSA) is 35.2 Å². The normalized spacial score (nSPS) is 12.2. The van der Waals surface area contributed by atoms with Crippen LogP contribution in [0.25, 0.3) is 0 Å². The number of hydrogen-bond acceptors (Lipinski definition) is 2. The Morgan fingerprint density at radius 1 is 1.21 bits per heavy atom. The number of nitrogens with two attached hydrogens (primary N) is 1. The van der Waals surface area contributed by atoms with Crippen molar-refractivity contribution >= 4 is 27.5 Å². The van der Waals surface area contributed by atoms with E-state index in [2.05, 4.69) is 15.9 Å². The largest absolute Gasteiger partial charge is 0.494 e. The second-order valence-corrected chi connectivity index (χ2v) is 5.47. The molecule has 0 fully saturated rings. The van der Waals surface area contributed by atoms with Crippen LogP contribution in [-0.2, 0) is 0 Å². The van der Waals surface area contributed by atoms with Crippen molar-refractivity contribution in [2.24, 2.45) is 5.73 Å². The molecule has 0 radical (unpaired) electrons. The first-order valence-electron chi connectivity index (χ1n) is 6.05. The molecule has 4 heteroatoms. The average molecular weight is 341 g/mol. The molecule has 2 aromatic rings. The van der Waals surface area contributed by atoms with Gasteiger partial charge in [0, 0.05) is 9.50 Å². The van der Waals surface area contributed by atoms with Crippen LogP contribution in [-0.4, -0.2) is 6.61 Å². The first-order chi connectivity index (χ1) is 9.11. The van der Waals surface area contributed by atoms with Crippen molar-refractivity contribution in [2.45, 2.75) is 13.0 Å². The molecule has 0 aliphatic rings. The van der Waals surface area contributed by atoms with Crippen LogP contribution in [0.5, 0.6) is 5.75 Å². The van der Waals surface area contributed by atoms with Gasteiger partial charge in [0.05, 0.1) is 12.6 Å². The van der Waals surface area contributed by atoms with Crippen molar-refractivity contribution in [1.29, 1.82) is 0 Å². The first-order valence-corrected chi connectivity index (χ1v) is 7.22. The molecule has 0 aliphatic carbocycles. The second-order valence-electron chi connectivity index (χ2n) is 4.15. The Morgan fingerprint density at radius 2 is 1.89 bits per heavy atom. The summed E-state index contributed by atoms with van der Waals surface area (Å²) in [6.45, 7) is 2.61. The monoisotopic (exact) mass is 339 g/mol. The molecule has 0 aromatic heterocycles. The van der Waals surface area contributed by atoms with Crippen molar-refractivity contribution in [1.82, 2.24) is 0 Å². The number of rotatable bonds is 4. The minimum Gasteiger partial charge on any atom is -0.494 e. The van der Waals surface area contributed by atoms with Gasteiger partial charge in [-0.25, -0.2) is 0 Å². The van der Waals surface area contributed by atoms with Crippen LogP contribution < -0.4 is 10.5 Å². The number of halogens is 2. The fourth-order valence-electron chi connectivity index (χ4n) is 1.87. The molecular formula is C15H15BrClNO. The minimum atomic E-state index is -0.249. The second kappa shape index (κ2) is 6.42. The number of ether oxygens (including phenoxy) is 1. The minimum absolute atomic E-state index is 0.249. The van der Waals surface area contributed by atoms with E-state index in [9.17, 15) is 0 Å². The van der Waals surface area contributed by atoms with Crippen molar-refractivity contribution in [3.8, 4) is 5.75 Å². The molecule has 1 atom stereocenters. The van der Waals surface area contributed by atoms with Gasteiger partial charge in [-0.05, 0) is 48.4 Å². The van der Waals surface area contributed by atoms with Crippen LogP contribution in [0.1, 0.15) is 24.1 Å². The van der Waals surface area contributed by atoms with E-state index in [-0.39, 0.29) is 6.04 Å². The van der Waals surface area contributed by atoms with Gasteiger partial charge in [-0.3, -0.25) is 0 Å². The quantitative estimate of drug-likeness (QED) is 0.886. The third-order valence-electron chi connectivity index (χ3n) is 2.84. The van der Waals surface area contributed by atoms with Gasteiger partial charge in [0.25, 0.3) is 0 Å². The van der Waals surface area contributed by atoms with Gasteiger partial charge < -0.3 is 10.5 Å². The van der Waals surface area contributed by atoms with Crippen LogP contribution in [0.2, 0.25) is 5.02 Å². The van der Waals surface area contributed by atoms with E-state index in [0.717, 1.165) is 21.3 Å². The van der Waals surface area contributed by atoms with Gasteiger partial charge in [0.2, 0.25) is 0 Å². The Morgan fingerprint density at radius 3 is 2.53 bits per heavy atom. The molecule has 2 N–H and O–H groups in total. The Labute approximate surface area is 126 Å². The highest BCUT2D eigenvalue weighted by atomic mass is 79.9. The maximum absolute atomic E-state index is 6.26. The molecule has 0 saturated carbocycles. The summed E-state index contributed by atoms with van der Waals surface area (Å²) in [6, 6.07) is 13.2. The zero-order valence-corrected chi connectivity index (χ0v) is 12.9. The van der Waals surface area contributed by atoms with E-state index in [4.69, 9.17) is 22.1 Å². The SMILES string of the molecule is CCOc1ccc(C(N)c2cc(Br)ccc2Cl)cc1. The highest BCUT2D eigenvalue weighted by Crippen LogP contribution is 2.29. The third kappa shape index (κ3) is 3.50. The molecule has 2 rings (SSSR count). The zero-order valence-electron chi connectivity index (χ0n) is 10.6. The molecule has 0 aliphatic heterocycles. The Bertz CT molecular complexity index is 557. The Balaban J connectivity index is 2.27. The molecule has 0 heterocycles. The Hall–Kier alpha value is -1.03. The fourth-order valence-corrected chi connectivity index (χ4v) is 2.48. The maximum Gasteiger partial charge on any atom is 0.119 e. The van der Waals surface area contributed by atoms with Crippen molar-refractivity contribution in [2.75, 3.05) is 6.61 Å².